The highest BCUT2D eigenvalue weighted by Gasteiger charge is 2.41. The normalized spacial score (nSPS) is 39.7. The Hall–Kier alpha value is -0.200. The molecule has 0 aliphatic carbocycles. The van der Waals surface area contributed by atoms with Gasteiger partial charge in [0.1, 0.15) is 18.3 Å². The molecule has 1 fully saturated rings. The third-order valence-corrected chi connectivity index (χ3v) is 2.18. The highest BCUT2D eigenvalue weighted by molar-refractivity contribution is 4.89. The topological polar surface area (TPSA) is 84.9 Å². The van der Waals surface area contributed by atoms with Gasteiger partial charge in [0, 0.05) is 6.54 Å². The molecule has 1 unspecified atom stereocenters. The van der Waals surface area contributed by atoms with Crippen molar-refractivity contribution in [2.45, 2.75) is 31.3 Å². The second-order valence-corrected chi connectivity index (χ2v) is 3.18. The summed E-state index contributed by atoms with van der Waals surface area (Å²) in [6.07, 6.45) is -1.86. The number of aliphatic hydroxyl groups is 2. The van der Waals surface area contributed by atoms with Gasteiger partial charge in [-0.1, -0.05) is 0 Å². The van der Waals surface area contributed by atoms with E-state index in [1.807, 2.05) is 0 Å². The minimum atomic E-state index is -0.758. The summed E-state index contributed by atoms with van der Waals surface area (Å²) in [4.78, 5) is 0. The van der Waals surface area contributed by atoms with E-state index in [1.54, 1.807) is 6.92 Å². The van der Waals surface area contributed by atoms with Crippen molar-refractivity contribution in [3.63, 3.8) is 0 Å². The molecule has 1 rings (SSSR count). The van der Waals surface area contributed by atoms with Crippen molar-refractivity contribution in [1.29, 1.82) is 0 Å². The Morgan fingerprint density at radius 2 is 2.23 bits per heavy atom. The molecule has 13 heavy (non-hydrogen) atoms. The minimum Gasteiger partial charge on any atom is -0.394 e. The quantitative estimate of drug-likeness (QED) is 0.502. The summed E-state index contributed by atoms with van der Waals surface area (Å²) in [7, 11) is 0. The summed E-state index contributed by atoms with van der Waals surface area (Å²) in [5.41, 5.74) is 5.27. The molecule has 0 bridgehead atoms. The van der Waals surface area contributed by atoms with Crippen LogP contribution in [0.3, 0.4) is 0 Å². The van der Waals surface area contributed by atoms with Gasteiger partial charge in [-0.25, -0.2) is 0 Å². The summed E-state index contributed by atoms with van der Waals surface area (Å²) < 4.78 is 10.6. The van der Waals surface area contributed by atoms with E-state index >= 15 is 0 Å². The molecule has 4 atom stereocenters. The average Bonchev–Trinajstić information content (AvgIpc) is 2.39. The minimum absolute atomic E-state index is 0.187. The number of hydrogen-bond donors (Lipinski definition) is 3. The van der Waals surface area contributed by atoms with Gasteiger partial charge in [0.2, 0.25) is 0 Å². The van der Waals surface area contributed by atoms with E-state index in [2.05, 4.69) is 0 Å². The molecule has 0 spiro atoms. The van der Waals surface area contributed by atoms with Gasteiger partial charge >= 0.3 is 0 Å². The van der Waals surface area contributed by atoms with E-state index in [0.717, 1.165) is 0 Å². The Labute approximate surface area is 77.4 Å². The van der Waals surface area contributed by atoms with Crippen LogP contribution in [0.2, 0.25) is 0 Å². The van der Waals surface area contributed by atoms with Gasteiger partial charge < -0.3 is 25.4 Å². The zero-order valence-electron chi connectivity index (χ0n) is 7.72. The van der Waals surface area contributed by atoms with Crippen LogP contribution in [0.15, 0.2) is 0 Å². The molecular weight excluding hydrogens is 174 g/mol. The van der Waals surface area contributed by atoms with Gasteiger partial charge in [-0.15, -0.1) is 0 Å². The molecule has 0 aromatic carbocycles. The molecule has 0 aromatic heterocycles. The third-order valence-electron chi connectivity index (χ3n) is 2.18. The smallest absolute Gasteiger partial charge is 0.112 e. The lowest BCUT2D eigenvalue weighted by atomic mass is 10.1. The molecule has 0 saturated carbocycles. The summed E-state index contributed by atoms with van der Waals surface area (Å²) in [6.45, 7) is 2.43. The van der Waals surface area contributed by atoms with Crippen LogP contribution in [-0.2, 0) is 9.47 Å². The Morgan fingerprint density at radius 1 is 1.54 bits per heavy atom. The Bertz CT molecular complexity index is 155. The molecule has 1 heterocycles. The monoisotopic (exact) mass is 191 g/mol. The molecule has 0 radical (unpaired) electrons. The summed E-state index contributed by atoms with van der Waals surface area (Å²) in [5.74, 6) is 0. The molecule has 1 saturated heterocycles. The third kappa shape index (κ3) is 2.38. The molecule has 4 N–H and O–H groups in total. The van der Waals surface area contributed by atoms with Crippen LogP contribution in [0, 0.1) is 0 Å². The second-order valence-electron chi connectivity index (χ2n) is 3.18. The van der Waals surface area contributed by atoms with E-state index in [-0.39, 0.29) is 18.8 Å². The van der Waals surface area contributed by atoms with Crippen molar-refractivity contribution in [2.75, 3.05) is 19.8 Å². The first-order chi connectivity index (χ1) is 6.20. The first-order valence-electron chi connectivity index (χ1n) is 4.46. The van der Waals surface area contributed by atoms with Gasteiger partial charge in [0.05, 0.1) is 19.3 Å². The molecule has 5 nitrogen and oxygen atoms in total. The predicted molar refractivity (Wildman–Crippen MR) is 46.2 cm³/mol. The number of hydrogen-bond acceptors (Lipinski definition) is 5. The Balaban J connectivity index is 2.44. The fraction of sp³-hybridized carbons (Fsp3) is 1.00. The van der Waals surface area contributed by atoms with Crippen molar-refractivity contribution in [3.8, 4) is 0 Å². The van der Waals surface area contributed by atoms with E-state index < -0.39 is 12.2 Å². The zero-order valence-corrected chi connectivity index (χ0v) is 7.72. The van der Waals surface area contributed by atoms with Crippen molar-refractivity contribution in [3.05, 3.63) is 0 Å². The summed E-state index contributed by atoms with van der Waals surface area (Å²) in [5, 5.41) is 18.4. The summed E-state index contributed by atoms with van der Waals surface area (Å²) in [6, 6.07) is 0. The Morgan fingerprint density at radius 3 is 2.69 bits per heavy atom. The van der Waals surface area contributed by atoms with Gasteiger partial charge in [0.15, 0.2) is 0 Å². The van der Waals surface area contributed by atoms with Crippen LogP contribution < -0.4 is 5.73 Å². The highest BCUT2D eigenvalue weighted by atomic mass is 16.6. The molecule has 1 aliphatic heterocycles. The van der Waals surface area contributed by atoms with Crippen LogP contribution in [0.25, 0.3) is 0 Å². The average molecular weight is 191 g/mol. The van der Waals surface area contributed by atoms with Crippen LogP contribution in [-0.4, -0.2) is 54.4 Å². The van der Waals surface area contributed by atoms with Crippen LogP contribution in [0.1, 0.15) is 6.92 Å². The highest BCUT2D eigenvalue weighted by Crippen LogP contribution is 2.23. The standard InChI is InChI=1S/C8H17NO4/c1-5-8(12-3-2-9)7(11)6(4-10)13-5/h5-8,10-11H,2-4,9H2,1H3/t5-,6+,7?,8+/m0/s1. The fourth-order valence-corrected chi connectivity index (χ4v) is 1.51. The maximum Gasteiger partial charge on any atom is 0.112 e. The Kier molecular flexibility index (Phi) is 4.08. The summed E-state index contributed by atoms with van der Waals surface area (Å²) >= 11 is 0. The molecule has 1 aliphatic rings. The number of nitrogens with two attached hydrogens (primary N) is 1. The van der Waals surface area contributed by atoms with Crippen LogP contribution >= 0.6 is 0 Å². The van der Waals surface area contributed by atoms with Crippen molar-refractivity contribution >= 4 is 0 Å². The van der Waals surface area contributed by atoms with E-state index in [9.17, 15) is 5.11 Å². The molecule has 0 aromatic rings. The van der Waals surface area contributed by atoms with E-state index in [0.29, 0.717) is 13.2 Å². The first-order valence-corrected chi connectivity index (χ1v) is 4.46. The lowest BCUT2D eigenvalue weighted by Crippen LogP contribution is -2.36. The largest absolute Gasteiger partial charge is 0.394 e. The molecular formula is C8H17NO4. The van der Waals surface area contributed by atoms with Crippen molar-refractivity contribution in [2.24, 2.45) is 5.73 Å². The lowest BCUT2D eigenvalue weighted by molar-refractivity contribution is -0.0294. The first kappa shape index (κ1) is 10.9. The number of aliphatic hydroxyl groups excluding tert-OH is 2. The van der Waals surface area contributed by atoms with Crippen molar-refractivity contribution in [1.82, 2.24) is 0 Å². The molecule has 0 amide bonds. The zero-order chi connectivity index (χ0) is 9.84. The SMILES string of the molecule is C[C@@H]1O[C@H](CO)C(O)[C@@H]1OCCN. The van der Waals surface area contributed by atoms with Gasteiger partial charge in [-0.05, 0) is 6.92 Å². The molecule has 78 valence electrons. The molecule has 5 heteroatoms. The van der Waals surface area contributed by atoms with Crippen LogP contribution in [0.5, 0.6) is 0 Å². The second kappa shape index (κ2) is 4.88. The predicted octanol–water partition coefficient (Wildman–Crippen LogP) is -1.53. The number of rotatable bonds is 4. The maximum atomic E-state index is 9.59. The number of ether oxygens (including phenoxy) is 2. The van der Waals surface area contributed by atoms with Crippen LogP contribution in [0.4, 0.5) is 0 Å². The van der Waals surface area contributed by atoms with E-state index in [1.165, 1.54) is 0 Å². The van der Waals surface area contributed by atoms with Gasteiger partial charge in [-0.3, -0.25) is 0 Å². The maximum absolute atomic E-state index is 9.59. The van der Waals surface area contributed by atoms with Crippen molar-refractivity contribution < 1.29 is 19.7 Å². The fourth-order valence-electron chi connectivity index (χ4n) is 1.51. The van der Waals surface area contributed by atoms with E-state index in [4.69, 9.17) is 20.3 Å². The van der Waals surface area contributed by atoms with Gasteiger partial charge in [0.25, 0.3) is 0 Å². The lowest BCUT2D eigenvalue weighted by Gasteiger charge is -2.17. The van der Waals surface area contributed by atoms with Gasteiger partial charge in [-0.2, -0.15) is 0 Å².